The summed E-state index contributed by atoms with van der Waals surface area (Å²) < 4.78 is 0. The van der Waals surface area contributed by atoms with Crippen molar-refractivity contribution >= 4 is 15.9 Å². The van der Waals surface area contributed by atoms with Gasteiger partial charge in [0.25, 0.3) is 0 Å². The molecule has 1 N–H and O–H groups in total. The molecule has 0 aromatic carbocycles. The topological polar surface area (TPSA) is 7.68 Å². The molecule has 0 aliphatic carbocycles. The van der Waals surface area contributed by atoms with Crippen LogP contribution in [0.25, 0.3) is 0 Å². The Morgan fingerprint density at radius 3 is 2.00 bits per heavy atom. The van der Waals surface area contributed by atoms with E-state index in [2.05, 4.69) is 40.2 Å². The first-order valence-electron chi connectivity index (χ1n) is 10.7. The van der Waals surface area contributed by atoms with Crippen LogP contribution >= 0.6 is 15.9 Å². The van der Waals surface area contributed by atoms with Crippen molar-refractivity contribution in [1.29, 1.82) is 0 Å². The minimum Gasteiger partial charge on any atom is -1.00 e. The van der Waals surface area contributed by atoms with Gasteiger partial charge in [0.05, 0.1) is 12.7 Å². The van der Waals surface area contributed by atoms with E-state index in [1.54, 1.807) is 4.90 Å². The smallest absolute Gasteiger partial charge is 0.156 e. The van der Waals surface area contributed by atoms with Gasteiger partial charge in [-0.15, -0.1) is 0 Å². The van der Waals surface area contributed by atoms with E-state index in [0.29, 0.717) is 0 Å². The van der Waals surface area contributed by atoms with Crippen LogP contribution < -0.4 is 21.9 Å². The number of hydrogen-bond acceptors (Lipinski definition) is 1. The van der Waals surface area contributed by atoms with Gasteiger partial charge in [0.15, 0.2) is 6.67 Å². The maximum absolute atomic E-state index is 3.51. The summed E-state index contributed by atoms with van der Waals surface area (Å²) in [4.78, 5) is 4.18. The predicted octanol–water partition coefficient (Wildman–Crippen LogP) is 2.50. The fraction of sp³-hybridized carbons (Fsp3) is 0.905. The number of halogens is 2. The van der Waals surface area contributed by atoms with E-state index in [-0.39, 0.29) is 17.0 Å². The minimum atomic E-state index is 0. The van der Waals surface area contributed by atoms with Gasteiger partial charge in [-0.2, -0.15) is 0 Å². The Labute approximate surface area is 176 Å². The van der Waals surface area contributed by atoms with Gasteiger partial charge in [-0.1, -0.05) is 87.1 Å². The van der Waals surface area contributed by atoms with E-state index >= 15 is 0 Å². The molecule has 0 radical (unpaired) electrons. The molecule has 0 aromatic rings. The third-order valence-corrected chi connectivity index (χ3v) is 5.67. The third kappa shape index (κ3) is 15.2. The molecule has 2 nitrogen and oxygen atoms in total. The number of nitrogens with zero attached hydrogens (tertiary/aromatic N) is 1. The maximum Gasteiger partial charge on any atom is 0.156 e. The molecule has 0 aromatic heterocycles. The van der Waals surface area contributed by atoms with Gasteiger partial charge < -0.3 is 21.9 Å². The van der Waals surface area contributed by atoms with Crippen LogP contribution in [0.2, 0.25) is 0 Å². The highest BCUT2D eigenvalue weighted by Gasteiger charge is 2.15. The quantitative estimate of drug-likeness (QED) is 0.247. The molecule has 25 heavy (non-hydrogen) atoms. The van der Waals surface area contributed by atoms with Gasteiger partial charge in [0, 0.05) is 11.9 Å². The summed E-state index contributed by atoms with van der Waals surface area (Å²) in [6, 6.07) is 0. The molecular formula is C21H42Br2N2. The zero-order valence-corrected chi connectivity index (χ0v) is 19.8. The Morgan fingerprint density at radius 1 is 0.800 bits per heavy atom. The number of nitrogens with one attached hydrogen (secondary N) is 1. The van der Waals surface area contributed by atoms with Gasteiger partial charge in [-0.3, -0.25) is 4.90 Å². The zero-order chi connectivity index (χ0) is 17.3. The SMILES string of the molecule is CCCCCCCCCCCCN1C=C[NH+](CCCCCCBr)C1.[Br-]. The van der Waals surface area contributed by atoms with E-state index < -0.39 is 0 Å². The molecular weight excluding hydrogens is 440 g/mol. The largest absolute Gasteiger partial charge is 1.00 e. The lowest BCUT2D eigenvalue weighted by Crippen LogP contribution is -3.07. The standard InChI is InChI=1S/C21H41BrN2.BrH/c1-2-3-4-5-6-7-8-9-11-14-17-23-19-20-24(21-23)18-15-12-10-13-16-22;/h19-20H,2-18,21H2,1H3;1H. The monoisotopic (exact) mass is 480 g/mol. The second-order valence-corrected chi connectivity index (χ2v) is 8.27. The van der Waals surface area contributed by atoms with E-state index in [4.69, 9.17) is 0 Å². The van der Waals surface area contributed by atoms with Crippen LogP contribution in [0, 0.1) is 0 Å². The van der Waals surface area contributed by atoms with Crippen LogP contribution in [0.1, 0.15) is 96.8 Å². The Kier molecular flexibility index (Phi) is 19.6. The van der Waals surface area contributed by atoms with E-state index in [9.17, 15) is 0 Å². The average Bonchev–Trinajstić information content (AvgIpc) is 3.04. The highest BCUT2D eigenvalue weighted by molar-refractivity contribution is 9.09. The summed E-state index contributed by atoms with van der Waals surface area (Å²) in [6.45, 7) is 6.07. The molecule has 0 fully saturated rings. The van der Waals surface area contributed by atoms with Gasteiger partial charge in [0.2, 0.25) is 0 Å². The van der Waals surface area contributed by atoms with Crippen LogP contribution in [0.3, 0.4) is 0 Å². The first-order valence-corrected chi connectivity index (χ1v) is 11.8. The zero-order valence-electron chi connectivity index (χ0n) is 16.6. The Balaban J connectivity index is 0.00000576. The molecule has 1 rings (SSSR count). The number of unbranched alkanes of at least 4 members (excludes halogenated alkanes) is 12. The second-order valence-electron chi connectivity index (χ2n) is 7.48. The first kappa shape index (κ1) is 25.5. The van der Waals surface area contributed by atoms with E-state index in [0.717, 1.165) is 5.33 Å². The van der Waals surface area contributed by atoms with Crippen molar-refractivity contribution in [1.82, 2.24) is 4.90 Å². The van der Waals surface area contributed by atoms with Crippen molar-refractivity contribution in [2.24, 2.45) is 0 Å². The fourth-order valence-corrected chi connectivity index (χ4v) is 3.89. The lowest BCUT2D eigenvalue weighted by atomic mass is 10.1. The highest BCUT2D eigenvalue weighted by Crippen LogP contribution is 2.11. The van der Waals surface area contributed by atoms with E-state index in [1.165, 1.54) is 110 Å². The Morgan fingerprint density at radius 2 is 1.36 bits per heavy atom. The number of quaternary nitrogens is 1. The lowest BCUT2D eigenvalue weighted by Gasteiger charge is -2.17. The number of rotatable bonds is 17. The van der Waals surface area contributed by atoms with Crippen molar-refractivity contribution in [2.45, 2.75) is 96.8 Å². The molecule has 1 aliphatic heterocycles. The van der Waals surface area contributed by atoms with Crippen LogP contribution in [0.5, 0.6) is 0 Å². The summed E-state index contributed by atoms with van der Waals surface area (Å²) in [6.07, 6.45) is 24.5. The van der Waals surface area contributed by atoms with Gasteiger partial charge >= 0.3 is 0 Å². The van der Waals surface area contributed by atoms with Gasteiger partial charge in [0.1, 0.15) is 6.20 Å². The molecule has 0 spiro atoms. The van der Waals surface area contributed by atoms with Crippen LogP contribution in [0.15, 0.2) is 12.4 Å². The van der Waals surface area contributed by atoms with Crippen molar-refractivity contribution < 1.29 is 21.9 Å². The summed E-state index contributed by atoms with van der Waals surface area (Å²) in [5, 5.41) is 1.16. The molecule has 4 heteroatoms. The summed E-state index contributed by atoms with van der Waals surface area (Å²) in [7, 11) is 0. The summed E-state index contributed by atoms with van der Waals surface area (Å²) in [5.41, 5.74) is 0. The van der Waals surface area contributed by atoms with Crippen molar-refractivity contribution in [3.63, 3.8) is 0 Å². The molecule has 1 atom stereocenters. The van der Waals surface area contributed by atoms with E-state index in [1.807, 2.05) is 0 Å². The summed E-state index contributed by atoms with van der Waals surface area (Å²) in [5.74, 6) is 0. The fourth-order valence-electron chi connectivity index (χ4n) is 3.50. The third-order valence-electron chi connectivity index (χ3n) is 5.11. The van der Waals surface area contributed by atoms with Crippen molar-refractivity contribution in [3.8, 4) is 0 Å². The summed E-state index contributed by atoms with van der Waals surface area (Å²) >= 11 is 3.51. The normalized spacial score (nSPS) is 16.4. The minimum absolute atomic E-state index is 0. The molecule has 1 heterocycles. The number of hydrogen-bond donors (Lipinski definition) is 1. The Bertz CT molecular complexity index is 298. The van der Waals surface area contributed by atoms with Gasteiger partial charge in [-0.25, -0.2) is 0 Å². The molecule has 0 saturated carbocycles. The Hall–Kier alpha value is 0.460. The lowest BCUT2D eigenvalue weighted by molar-refractivity contribution is -0.849. The number of alkyl halides is 1. The molecule has 150 valence electrons. The molecule has 1 aliphatic rings. The second kappa shape index (κ2) is 19.2. The van der Waals surface area contributed by atoms with Crippen LogP contribution in [0.4, 0.5) is 0 Å². The van der Waals surface area contributed by atoms with Crippen LogP contribution in [-0.4, -0.2) is 30.0 Å². The average molecular weight is 482 g/mol. The highest BCUT2D eigenvalue weighted by atomic mass is 79.9. The van der Waals surface area contributed by atoms with Crippen molar-refractivity contribution in [3.05, 3.63) is 12.4 Å². The van der Waals surface area contributed by atoms with Gasteiger partial charge in [-0.05, 0) is 25.7 Å². The van der Waals surface area contributed by atoms with Crippen LogP contribution in [-0.2, 0) is 0 Å². The maximum atomic E-state index is 3.51. The molecule has 0 bridgehead atoms. The molecule has 0 saturated heterocycles. The predicted molar refractivity (Wildman–Crippen MR) is 111 cm³/mol. The van der Waals surface area contributed by atoms with Crippen molar-refractivity contribution in [2.75, 3.05) is 25.1 Å². The molecule has 0 amide bonds. The molecule has 1 unspecified atom stereocenters. The first-order chi connectivity index (χ1) is 11.9.